The fourth-order valence-electron chi connectivity index (χ4n) is 2.67. The van der Waals surface area contributed by atoms with Crippen molar-refractivity contribution < 1.29 is 28.5 Å². The molecule has 1 amide bonds. The Labute approximate surface area is 168 Å². The number of amides is 1. The van der Waals surface area contributed by atoms with Gasteiger partial charge in [-0.1, -0.05) is 0 Å². The fourth-order valence-corrected chi connectivity index (χ4v) is 2.67. The number of ether oxygens (including phenoxy) is 1. The molecular formula is C19H15N3O8. The molecule has 1 N–H and O–H groups in total. The highest BCUT2D eigenvalue weighted by Crippen LogP contribution is 2.20. The highest BCUT2D eigenvalue weighted by atomic mass is 16.6. The summed E-state index contributed by atoms with van der Waals surface area (Å²) in [6.45, 7) is 0.279. The number of Topliss-reactive ketones (excluding diaryl/α,β-unsaturated/α-hetero) is 1. The molecule has 0 fully saturated rings. The molecule has 154 valence electrons. The molecule has 1 aromatic heterocycles. The number of esters is 1. The second-order valence-electron chi connectivity index (χ2n) is 6.21. The van der Waals surface area contributed by atoms with Crippen LogP contribution in [0, 0.1) is 10.1 Å². The van der Waals surface area contributed by atoms with E-state index < -0.39 is 35.6 Å². The van der Waals surface area contributed by atoms with Gasteiger partial charge in [-0.05, 0) is 30.3 Å². The molecule has 0 aliphatic rings. The Bertz CT molecular complexity index is 1210. The van der Waals surface area contributed by atoms with Crippen LogP contribution in [0.25, 0.3) is 11.1 Å². The minimum absolute atomic E-state index is 0.0441. The first-order chi connectivity index (χ1) is 14.2. The second-order valence-corrected chi connectivity index (χ2v) is 6.21. The topological polar surface area (TPSA) is 151 Å². The van der Waals surface area contributed by atoms with E-state index in [2.05, 4.69) is 5.32 Å². The lowest BCUT2D eigenvalue weighted by molar-refractivity contribution is -0.384. The van der Waals surface area contributed by atoms with E-state index in [1.54, 1.807) is 0 Å². The van der Waals surface area contributed by atoms with E-state index in [1.807, 2.05) is 0 Å². The number of hydrogen-bond acceptors (Lipinski definition) is 8. The summed E-state index contributed by atoms with van der Waals surface area (Å²) < 4.78 is 10.8. The van der Waals surface area contributed by atoms with Gasteiger partial charge in [0.05, 0.1) is 16.5 Å². The van der Waals surface area contributed by atoms with Crippen molar-refractivity contribution in [2.45, 2.75) is 13.5 Å². The number of nitrogens with one attached hydrogen (secondary N) is 1. The number of nitro groups is 1. The Kier molecular flexibility index (Phi) is 5.72. The van der Waals surface area contributed by atoms with Gasteiger partial charge in [0.2, 0.25) is 5.91 Å². The maximum atomic E-state index is 12.2. The van der Waals surface area contributed by atoms with Crippen molar-refractivity contribution in [1.82, 2.24) is 4.57 Å². The van der Waals surface area contributed by atoms with Crippen molar-refractivity contribution in [3.63, 3.8) is 0 Å². The zero-order valence-corrected chi connectivity index (χ0v) is 15.6. The lowest BCUT2D eigenvalue weighted by Crippen LogP contribution is -2.23. The van der Waals surface area contributed by atoms with E-state index >= 15 is 0 Å². The van der Waals surface area contributed by atoms with Gasteiger partial charge < -0.3 is 14.5 Å². The molecule has 0 saturated carbocycles. The molecule has 1 heterocycles. The number of benzene rings is 2. The summed E-state index contributed by atoms with van der Waals surface area (Å²) in [5.74, 6) is -2.47. The largest absolute Gasteiger partial charge is 0.456 e. The lowest BCUT2D eigenvalue weighted by atomic mass is 10.1. The van der Waals surface area contributed by atoms with Crippen LogP contribution in [0.5, 0.6) is 0 Å². The minimum atomic E-state index is -0.887. The minimum Gasteiger partial charge on any atom is -0.456 e. The van der Waals surface area contributed by atoms with Crippen LogP contribution < -0.4 is 11.1 Å². The highest BCUT2D eigenvalue weighted by Gasteiger charge is 2.17. The van der Waals surface area contributed by atoms with Crippen molar-refractivity contribution in [1.29, 1.82) is 0 Å². The van der Waals surface area contributed by atoms with Gasteiger partial charge in [-0.25, -0.2) is 4.79 Å². The molecule has 0 radical (unpaired) electrons. The third-order valence-corrected chi connectivity index (χ3v) is 4.04. The number of oxazole rings is 1. The molecule has 0 bridgehead atoms. The summed E-state index contributed by atoms with van der Waals surface area (Å²) in [5, 5.41) is 13.4. The Hall–Kier alpha value is -4.28. The molecule has 0 unspecified atom stereocenters. The normalized spacial score (nSPS) is 10.6. The monoisotopic (exact) mass is 413 g/mol. The van der Waals surface area contributed by atoms with Gasteiger partial charge >= 0.3 is 11.7 Å². The van der Waals surface area contributed by atoms with Crippen LogP contribution in [-0.2, 0) is 20.9 Å². The number of fused-ring (bicyclic) bond motifs is 1. The van der Waals surface area contributed by atoms with Gasteiger partial charge in [0.15, 0.2) is 18.0 Å². The standard InChI is InChI=1S/C19H15N3O8/c1-11(23)20-13-4-2-12(3-5-13)16(24)10-29-18(25)9-21-15-7-6-14(22(27)28)8-17(15)30-19(21)26/h2-8H,9-10H2,1H3,(H,20,23). The summed E-state index contributed by atoms with van der Waals surface area (Å²) >= 11 is 0. The number of carbonyl (C=O) groups is 3. The number of carbonyl (C=O) groups excluding carboxylic acids is 3. The van der Waals surface area contributed by atoms with E-state index in [-0.39, 0.29) is 28.3 Å². The molecule has 3 aromatic rings. The lowest BCUT2D eigenvalue weighted by Gasteiger charge is -2.06. The summed E-state index contributed by atoms with van der Waals surface area (Å²) in [7, 11) is 0. The van der Waals surface area contributed by atoms with Crippen molar-refractivity contribution in [3.05, 3.63) is 68.7 Å². The van der Waals surface area contributed by atoms with Gasteiger partial charge in [-0.3, -0.25) is 29.1 Å². The predicted molar refractivity (Wildman–Crippen MR) is 103 cm³/mol. The Morgan fingerprint density at radius 1 is 1.17 bits per heavy atom. The van der Waals surface area contributed by atoms with E-state index in [9.17, 15) is 29.3 Å². The number of non-ortho nitro benzene ring substituents is 1. The van der Waals surface area contributed by atoms with Gasteiger partial charge in [-0.2, -0.15) is 0 Å². The first-order valence-electron chi connectivity index (χ1n) is 8.59. The molecule has 3 rings (SSSR count). The molecular weight excluding hydrogens is 398 g/mol. The number of nitrogens with zero attached hydrogens (tertiary/aromatic N) is 2. The Morgan fingerprint density at radius 2 is 1.87 bits per heavy atom. The quantitative estimate of drug-likeness (QED) is 0.267. The average molecular weight is 413 g/mol. The van der Waals surface area contributed by atoms with E-state index in [4.69, 9.17) is 9.15 Å². The summed E-state index contributed by atoms with van der Waals surface area (Å²) in [6.07, 6.45) is 0. The molecule has 2 aromatic carbocycles. The maximum Gasteiger partial charge on any atom is 0.420 e. The van der Waals surface area contributed by atoms with Crippen molar-refractivity contribution in [2.24, 2.45) is 0 Å². The summed E-state index contributed by atoms with van der Waals surface area (Å²) in [6, 6.07) is 9.55. The summed E-state index contributed by atoms with van der Waals surface area (Å²) in [4.78, 5) is 57.3. The number of hydrogen-bond donors (Lipinski definition) is 1. The SMILES string of the molecule is CC(=O)Nc1ccc(C(=O)COC(=O)Cn2c(=O)oc3cc([N+](=O)[O-])ccc32)cc1. The van der Waals surface area contributed by atoms with Crippen LogP contribution in [-0.4, -0.2) is 33.8 Å². The predicted octanol–water partition coefficient (Wildman–Crippen LogP) is 1.89. The third-order valence-electron chi connectivity index (χ3n) is 4.04. The molecule has 0 atom stereocenters. The molecule has 11 heteroatoms. The van der Waals surface area contributed by atoms with Crippen molar-refractivity contribution in [2.75, 3.05) is 11.9 Å². The van der Waals surface area contributed by atoms with Crippen LogP contribution in [0.4, 0.5) is 11.4 Å². The smallest absolute Gasteiger partial charge is 0.420 e. The number of ketones is 1. The highest BCUT2D eigenvalue weighted by molar-refractivity contribution is 5.98. The molecule has 0 spiro atoms. The summed E-state index contributed by atoms with van der Waals surface area (Å²) in [5.41, 5.74) is 0.665. The second kappa shape index (κ2) is 8.39. The van der Waals surface area contributed by atoms with Gasteiger partial charge in [0.25, 0.3) is 5.69 Å². The van der Waals surface area contributed by atoms with E-state index in [1.165, 1.54) is 43.3 Å². The maximum absolute atomic E-state index is 12.2. The molecule has 0 saturated heterocycles. The molecule has 0 aliphatic carbocycles. The van der Waals surface area contributed by atoms with E-state index in [0.29, 0.717) is 5.69 Å². The Morgan fingerprint density at radius 3 is 2.50 bits per heavy atom. The first-order valence-corrected chi connectivity index (χ1v) is 8.59. The van der Waals surface area contributed by atoms with Crippen LogP contribution in [0.1, 0.15) is 17.3 Å². The molecule has 30 heavy (non-hydrogen) atoms. The van der Waals surface area contributed by atoms with Crippen LogP contribution in [0.15, 0.2) is 51.7 Å². The Balaban J connectivity index is 1.64. The van der Waals surface area contributed by atoms with Crippen molar-refractivity contribution >= 4 is 40.1 Å². The van der Waals surface area contributed by atoms with E-state index in [0.717, 1.165) is 10.6 Å². The van der Waals surface area contributed by atoms with Crippen LogP contribution in [0.3, 0.4) is 0 Å². The molecule has 0 aliphatic heterocycles. The van der Waals surface area contributed by atoms with Crippen LogP contribution in [0.2, 0.25) is 0 Å². The molecule has 11 nitrogen and oxygen atoms in total. The number of aromatic nitrogens is 1. The zero-order valence-electron chi connectivity index (χ0n) is 15.6. The fraction of sp³-hybridized carbons (Fsp3) is 0.158. The average Bonchev–Trinajstić information content (AvgIpc) is 3.00. The van der Waals surface area contributed by atoms with Crippen LogP contribution >= 0.6 is 0 Å². The third kappa shape index (κ3) is 4.58. The number of rotatable bonds is 7. The van der Waals surface area contributed by atoms with Crippen molar-refractivity contribution in [3.8, 4) is 0 Å². The van der Waals surface area contributed by atoms with Gasteiger partial charge in [0, 0.05) is 24.2 Å². The first kappa shape index (κ1) is 20.5. The van der Waals surface area contributed by atoms with Gasteiger partial charge in [-0.15, -0.1) is 0 Å². The number of anilines is 1. The number of nitro benzene ring substituents is 1. The van der Waals surface area contributed by atoms with Gasteiger partial charge in [0.1, 0.15) is 6.54 Å². The zero-order chi connectivity index (χ0) is 21.8.